The molecular formula is C24H26ClF2N5O3. The second kappa shape index (κ2) is 11.1. The van der Waals surface area contributed by atoms with Gasteiger partial charge in [0.15, 0.2) is 0 Å². The average Bonchev–Trinajstić information content (AvgIpc) is 3.38. The third-order valence-corrected chi connectivity index (χ3v) is 6.50. The Kier molecular flexibility index (Phi) is 7.94. The van der Waals surface area contributed by atoms with E-state index in [2.05, 4.69) is 15.3 Å². The highest BCUT2D eigenvalue weighted by Crippen LogP contribution is 2.32. The van der Waals surface area contributed by atoms with Crippen molar-refractivity contribution < 1.29 is 23.4 Å². The molecule has 0 radical (unpaired) electrons. The van der Waals surface area contributed by atoms with E-state index in [9.17, 15) is 18.7 Å². The summed E-state index contributed by atoms with van der Waals surface area (Å²) in [6.07, 6.45) is 3.71. The summed E-state index contributed by atoms with van der Waals surface area (Å²) in [6.45, 7) is 1.07. The Morgan fingerprint density at radius 3 is 2.83 bits per heavy atom. The molecule has 0 aliphatic carbocycles. The standard InChI is InChI=1S/C24H26ClF2N5O3/c25-17-11-30-23(31-21(12-33)14-5-7-35-13-14)8-22(17)32-6-4-20(15(9-28)24(32)34)29-10-16-18(26)2-1-3-19(16)27/h1-3,8-9,11,14,21,33H,4-7,10,12-13,28H2,(H,30,31)/b15-9+,29-20?. The minimum atomic E-state index is -0.703. The predicted octanol–water partition coefficient (Wildman–Crippen LogP) is 3.04. The summed E-state index contributed by atoms with van der Waals surface area (Å²) in [5, 5.41) is 13.3. The van der Waals surface area contributed by atoms with Crippen LogP contribution in [0.2, 0.25) is 5.02 Å². The van der Waals surface area contributed by atoms with Gasteiger partial charge in [0.2, 0.25) is 0 Å². The molecule has 0 bridgehead atoms. The summed E-state index contributed by atoms with van der Waals surface area (Å²) in [6, 6.07) is 4.98. The van der Waals surface area contributed by atoms with Crippen LogP contribution in [0.1, 0.15) is 18.4 Å². The number of nitrogens with zero attached hydrogens (tertiary/aromatic N) is 3. The Hall–Kier alpha value is -3.08. The number of amides is 1. The largest absolute Gasteiger partial charge is 0.404 e. The molecule has 0 spiro atoms. The number of ether oxygens (including phenoxy) is 1. The topological polar surface area (TPSA) is 113 Å². The molecule has 1 amide bonds. The Balaban J connectivity index is 1.53. The number of piperidine rings is 1. The molecule has 1 aromatic carbocycles. The van der Waals surface area contributed by atoms with Gasteiger partial charge in [-0.1, -0.05) is 17.7 Å². The third kappa shape index (κ3) is 5.44. The van der Waals surface area contributed by atoms with E-state index in [4.69, 9.17) is 22.1 Å². The van der Waals surface area contributed by atoms with E-state index in [0.717, 1.165) is 24.8 Å². The van der Waals surface area contributed by atoms with E-state index in [1.807, 2.05) is 0 Å². The summed E-state index contributed by atoms with van der Waals surface area (Å²) in [4.78, 5) is 23.3. The van der Waals surface area contributed by atoms with Crippen LogP contribution >= 0.6 is 11.6 Å². The lowest BCUT2D eigenvalue weighted by Gasteiger charge is -2.30. The number of aliphatic imine (C=N–C) groups is 1. The number of nitrogens with one attached hydrogen (secondary N) is 1. The number of aliphatic hydroxyl groups excluding tert-OH is 1. The Morgan fingerprint density at radius 1 is 1.40 bits per heavy atom. The molecule has 3 heterocycles. The van der Waals surface area contributed by atoms with Gasteiger partial charge in [0, 0.05) is 43.3 Å². The molecule has 2 unspecified atom stereocenters. The highest BCUT2D eigenvalue weighted by Gasteiger charge is 2.31. The summed E-state index contributed by atoms with van der Waals surface area (Å²) < 4.78 is 33.3. The number of pyridine rings is 1. The van der Waals surface area contributed by atoms with Gasteiger partial charge >= 0.3 is 0 Å². The van der Waals surface area contributed by atoms with Gasteiger partial charge in [-0.05, 0) is 18.6 Å². The molecule has 8 nitrogen and oxygen atoms in total. The Morgan fingerprint density at radius 2 is 2.17 bits per heavy atom. The molecule has 2 saturated heterocycles. The number of hydrogen-bond acceptors (Lipinski definition) is 7. The molecule has 1 aromatic heterocycles. The maximum absolute atomic E-state index is 14.0. The maximum atomic E-state index is 14.0. The van der Waals surface area contributed by atoms with E-state index in [1.54, 1.807) is 6.07 Å². The zero-order valence-corrected chi connectivity index (χ0v) is 19.6. The first-order chi connectivity index (χ1) is 16.9. The van der Waals surface area contributed by atoms with Crippen LogP contribution in [0.3, 0.4) is 0 Å². The molecule has 2 aliphatic rings. The second-order valence-electron chi connectivity index (χ2n) is 8.33. The molecule has 4 rings (SSSR count). The monoisotopic (exact) mass is 505 g/mol. The minimum Gasteiger partial charge on any atom is -0.404 e. The first-order valence-electron chi connectivity index (χ1n) is 11.2. The van der Waals surface area contributed by atoms with Crippen molar-refractivity contribution in [2.24, 2.45) is 16.6 Å². The molecule has 2 aliphatic heterocycles. The number of carbonyl (C=O) groups excluding carboxylic acids is 1. The van der Waals surface area contributed by atoms with Crippen LogP contribution in [-0.4, -0.2) is 54.1 Å². The van der Waals surface area contributed by atoms with Crippen LogP contribution < -0.4 is 16.0 Å². The van der Waals surface area contributed by atoms with Crippen molar-refractivity contribution in [2.45, 2.75) is 25.4 Å². The summed E-state index contributed by atoms with van der Waals surface area (Å²) in [7, 11) is 0. The van der Waals surface area contributed by atoms with Gasteiger partial charge in [-0.3, -0.25) is 9.79 Å². The minimum absolute atomic E-state index is 0.0984. The molecule has 0 saturated carbocycles. The SMILES string of the molecule is N/C=C1/C(=O)N(c2cc(NC(CO)C3CCOC3)ncc2Cl)CCC1=NCc1c(F)cccc1F. The molecule has 2 atom stereocenters. The maximum Gasteiger partial charge on any atom is 0.261 e. The van der Waals surface area contributed by atoms with Crippen molar-refractivity contribution in [3.63, 3.8) is 0 Å². The number of anilines is 2. The fourth-order valence-electron chi connectivity index (χ4n) is 4.23. The van der Waals surface area contributed by atoms with Crippen LogP contribution in [0.15, 0.2) is 47.2 Å². The zero-order chi connectivity index (χ0) is 24.9. The van der Waals surface area contributed by atoms with Gasteiger partial charge in [-0.15, -0.1) is 0 Å². The number of carbonyl (C=O) groups is 1. The van der Waals surface area contributed by atoms with Gasteiger partial charge in [-0.2, -0.15) is 0 Å². The highest BCUT2D eigenvalue weighted by molar-refractivity contribution is 6.35. The first kappa shape index (κ1) is 25.0. The number of nitrogens with two attached hydrogens (primary N) is 1. The Bertz CT molecular complexity index is 1130. The fraction of sp³-hybridized carbons (Fsp3) is 0.375. The zero-order valence-electron chi connectivity index (χ0n) is 18.9. The van der Waals surface area contributed by atoms with E-state index in [0.29, 0.717) is 36.9 Å². The fourth-order valence-corrected chi connectivity index (χ4v) is 4.43. The van der Waals surface area contributed by atoms with Gasteiger partial charge in [0.1, 0.15) is 17.5 Å². The average molecular weight is 506 g/mol. The first-order valence-corrected chi connectivity index (χ1v) is 11.6. The number of aliphatic hydroxyl groups is 1. The van der Waals surface area contributed by atoms with E-state index in [1.165, 1.54) is 17.2 Å². The number of aromatic nitrogens is 1. The van der Waals surface area contributed by atoms with Crippen LogP contribution in [-0.2, 0) is 16.1 Å². The summed E-state index contributed by atoms with van der Waals surface area (Å²) in [5.74, 6) is -1.25. The quantitative estimate of drug-likeness (QED) is 0.498. The molecule has 11 heteroatoms. The summed E-state index contributed by atoms with van der Waals surface area (Å²) >= 11 is 6.38. The molecule has 2 aromatic rings. The number of halogens is 3. The van der Waals surface area contributed by atoms with Gasteiger partial charge in [0.05, 0.1) is 54.0 Å². The third-order valence-electron chi connectivity index (χ3n) is 6.20. The second-order valence-corrected chi connectivity index (χ2v) is 8.74. The van der Waals surface area contributed by atoms with E-state index in [-0.39, 0.29) is 47.8 Å². The van der Waals surface area contributed by atoms with Gasteiger partial charge < -0.3 is 25.8 Å². The predicted molar refractivity (Wildman–Crippen MR) is 129 cm³/mol. The molecule has 2 fully saturated rings. The molecule has 4 N–H and O–H groups in total. The van der Waals surface area contributed by atoms with Crippen molar-refractivity contribution in [3.05, 3.63) is 64.5 Å². The van der Waals surface area contributed by atoms with Gasteiger partial charge in [0.25, 0.3) is 5.91 Å². The molecule has 35 heavy (non-hydrogen) atoms. The normalized spacial score (nSPS) is 21.7. The highest BCUT2D eigenvalue weighted by atomic mass is 35.5. The van der Waals surface area contributed by atoms with E-state index >= 15 is 0 Å². The van der Waals surface area contributed by atoms with Crippen LogP contribution in [0.25, 0.3) is 0 Å². The lowest BCUT2D eigenvalue weighted by molar-refractivity contribution is -0.114. The Labute approximate surface area is 206 Å². The van der Waals surface area contributed by atoms with Crippen LogP contribution in [0, 0.1) is 17.6 Å². The number of hydrogen-bond donors (Lipinski definition) is 3. The van der Waals surface area contributed by atoms with Crippen molar-refractivity contribution in [3.8, 4) is 0 Å². The molecule has 186 valence electrons. The van der Waals surface area contributed by atoms with Crippen LogP contribution in [0.4, 0.5) is 20.3 Å². The smallest absolute Gasteiger partial charge is 0.261 e. The van der Waals surface area contributed by atoms with E-state index < -0.39 is 17.5 Å². The van der Waals surface area contributed by atoms with Crippen molar-refractivity contribution >= 4 is 34.7 Å². The van der Waals surface area contributed by atoms with Gasteiger partial charge in [-0.25, -0.2) is 13.8 Å². The lowest BCUT2D eigenvalue weighted by Crippen LogP contribution is -2.42. The molecular weight excluding hydrogens is 480 g/mol. The van der Waals surface area contributed by atoms with Crippen molar-refractivity contribution in [1.82, 2.24) is 4.98 Å². The number of benzene rings is 1. The van der Waals surface area contributed by atoms with Crippen LogP contribution in [0.5, 0.6) is 0 Å². The van der Waals surface area contributed by atoms with Crippen molar-refractivity contribution in [1.29, 1.82) is 0 Å². The lowest BCUT2D eigenvalue weighted by atomic mass is 9.99. The number of rotatable bonds is 7. The van der Waals surface area contributed by atoms with Crippen molar-refractivity contribution in [2.75, 3.05) is 36.6 Å². The summed E-state index contributed by atoms with van der Waals surface area (Å²) in [5.41, 5.74) is 6.48.